The van der Waals surface area contributed by atoms with Crippen LogP contribution in [0, 0.1) is 23.6 Å². The molecule has 352 valence electrons. The van der Waals surface area contributed by atoms with Gasteiger partial charge in [0, 0.05) is 36.2 Å². The molecule has 4 heterocycles. The van der Waals surface area contributed by atoms with Gasteiger partial charge in [0.2, 0.25) is 33.3 Å². The zero-order chi connectivity index (χ0) is 46.4. The lowest BCUT2D eigenvalue weighted by Gasteiger charge is -2.35. The van der Waals surface area contributed by atoms with Crippen molar-refractivity contribution in [2.45, 2.75) is 120 Å². The number of nitrogens with zero attached hydrogens (tertiary/aromatic N) is 3. The third-order valence-corrected chi connectivity index (χ3v) is 14.8. The van der Waals surface area contributed by atoms with Crippen LogP contribution in [0.5, 0.6) is 11.6 Å². The lowest BCUT2D eigenvalue weighted by atomic mass is 9.85. The number of rotatable bonds is 10. The topological polar surface area (TPSA) is 195 Å². The Labute approximate surface area is 369 Å². The van der Waals surface area contributed by atoms with Crippen LogP contribution < -0.4 is 29.7 Å². The zero-order valence-electron chi connectivity index (χ0n) is 36.5. The van der Waals surface area contributed by atoms with Crippen molar-refractivity contribution in [3.05, 3.63) is 36.3 Å². The number of carbonyl (C=O) groups is 4. The Morgan fingerprint density at radius 1 is 1.08 bits per heavy atom. The highest BCUT2D eigenvalue weighted by Gasteiger charge is 2.62. The van der Waals surface area contributed by atoms with E-state index in [2.05, 4.69) is 20.3 Å². The molecule has 2 aliphatic carbocycles. The fourth-order valence-corrected chi connectivity index (χ4v) is 10.2. The van der Waals surface area contributed by atoms with E-state index < -0.39 is 92.2 Å². The normalized spacial score (nSPS) is 28.3. The maximum absolute atomic E-state index is 15.4. The van der Waals surface area contributed by atoms with E-state index in [4.69, 9.17) is 18.9 Å². The van der Waals surface area contributed by atoms with Crippen molar-refractivity contribution >= 4 is 50.3 Å². The number of allylic oxidation sites excluding steroid dienone is 1. The molecule has 1 aromatic heterocycles. The first-order chi connectivity index (χ1) is 30.2. The number of anilines is 1. The van der Waals surface area contributed by atoms with Crippen LogP contribution in [0.3, 0.4) is 0 Å². The number of amides is 4. The minimum Gasteiger partial charge on any atom is -0.494 e. The number of hydrogen-bond acceptors (Lipinski definition) is 12. The van der Waals surface area contributed by atoms with Gasteiger partial charge in [0.05, 0.1) is 44.0 Å². The van der Waals surface area contributed by atoms with Crippen molar-refractivity contribution in [3.8, 4) is 11.6 Å². The highest BCUT2D eigenvalue weighted by molar-refractivity contribution is 7.91. The van der Waals surface area contributed by atoms with E-state index in [0.717, 1.165) is 4.90 Å². The van der Waals surface area contributed by atoms with Gasteiger partial charge in [-0.2, -0.15) is 13.2 Å². The minimum atomic E-state index is -4.95. The van der Waals surface area contributed by atoms with Crippen LogP contribution in [0.25, 0.3) is 10.8 Å². The highest BCUT2D eigenvalue weighted by atomic mass is 32.2. The Balaban J connectivity index is 1.26. The minimum absolute atomic E-state index is 0.0280. The average molecular weight is 925 g/mol. The van der Waals surface area contributed by atoms with Crippen molar-refractivity contribution in [1.29, 1.82) is 0 Å². The van der Waals surface area contributed by atoms with Crippen molar-refractivity contribution in [3.63, 3.8) is 0 Å². The molecule has 3 aliphatic heterocycles. The van der Waals surface area contributed by atoms with E-state index >= 15 is 9.18 Å². The fourth-order valence-electron chi connectivity index (χ4n) is 8.83. The first-order valence-corrected chi connectivity index (χ1v) is 23.3. The number of nitrogens with one attached hydrogen (secondary N) is 3. The number of alkyl halides is 3. The zero-order valence-corrected chi connectivity index (χ0v) is 37.3. The standard InChI is InChI=1S/C43H56F4N6O10S/c1-6-25-17-24(2)9-7-8-10-26-21-42(26,39(56)51-64(58,59)28-11-12-28)50-36(54)32-18-27(23-53(32)38(55)35(25)49-40(57)63-41(3,4)43(45,46)47)62-37-30-19-31(44)34(60-5)20-29(30)33(22-48-37)52-13-15-61-16-14-52/h8,10,19-20,22,24-28,32,35H,6-7,9,11-18,21,23H2,1-5H3,(H,49,57)(H,50,54)(H,51,56). The lowest BCUT2D eigenvalue weighted by molar-refractivity contribution is -0.244. The van der Waals surface area contributed by atoms with Gasteiger partial charge in [0.15, 0.2) is 11.6 Å². The van der Waals surface area contributed by atoms with Gasteiger partial charge in [-0.05, 0) is 76.3 Å². The second-order valence-electron chi connectivity index (χ2n) is 18.0. The van der Waals surface area contributed by atoms with Gasteiger partial charge >= 0.3 is 12.3 Å². The number of pyridine rings is 1. The molecule has 0 spiro atoms. The molecule has 0 radical (unpaired) electrons. The third-order valence-electron chi connectivity index (χ3n) is 13.0. The molecule has 4 amide bonds. The number of benzene rings is 1. The van der Waals surface area contributed by atoms with Crippen LogP contribution in [-0.2, 0) is 33.9 Å². The molecule has 0 bridgehead atoms. The summed E-state index contributed by atoms with van der Waals surface area (Å²) in [7, 11) is -2.69. The summed E-state index contributed by atoms with van der Waals surface area (Å²) < 4.78 is 107. The Morgan fingerprint density at radius 3 is 2.45 bits per heavy atom. The van der Waals surface area contributed by atoms with Crippen molar-refractivity contribution < 1.29 is 64.1 Å². The van der Waals surface area contributed by atoms with Gasteiger partial charge in [0.1, 0.15) is 23.7 Å². The number of morpholine rings is 1. The molecule has 1 aromatic carbocycles. The molecule has 7 unspecified atom stereocenters. The van der Waals surface area contributed by atoms with Crippen molar-refractivity contribution in [2.24, 2.45) is 17.8 Å². The number of alkyl carbamates (subject to hydrolysis) is 1. The van der Waals surface area contributed by atoms with E-state index in [9.17, 15) is 36.0 Å². The van der Waals surface area contributed by atoms with Gasteiger partial charge in [-0.25, -0.2) is 22.6 Å². The summed E-state index contributed by atoms with van der Waals surface area (Å²) in [5, 5.41) is 5.27. The van der Waals surface area contributed by atoms with Crippen LogP contribution in [0.1, 0.15) is 79.1 Å². The van der Waals surface area contributed by atoms with Crippen molar-refractivity contribution in [2.75, 3.05) is 44.9 Å². The maximum Gasteiger partial charge on any atom is 0.427 e. The Kier molecular flexibility index (Phi) is 13.4. The van der Waals surface area contributed by atoms with Crippen LogP contribution in [0.15, 0.2) is 30.5 Å². The fraction of sp³-hybridized carbons (Fsp3) is 0.651. The van der Waals surface area contributed by atoms with E-state index in [0.29, 0.717) is 89.7 Å². The second-order valence-corrected chi connectivity index (χ2v) is 20.0. The molecule has 2 saturated carbocycles. The smallest absolute Gasteiger partial charge is 0.427 e. The maximum atomic E-state index is 15.4. The average Bonchev–Trinajstić information content (AvgIpc) is 4.17. The first kappa shape index (κ1) is 47.1. The SMILES string of the molecule is CCC1CC(C)CCC=CC2CC2(C(=O)NS(=O)(=O)C2CC2)NC(=O)C2CC(Oc3ncc(N4CCOCC4)c4cc(OC)c(F)cc34)CN2C(=O)C1NC(=O)OC(C)(C)C(F)(F)F. The molecule has 7 rings (SSSR count). The highest BCUT2D eigenvalue weighted by Crippen LogP contribution is 2.46. The number of methoxy groups -OCH3 is 1. The molecule has 16 nitrogen and oxygen atoms in total. The monoisotopic (exact) mass is 924 g/mol. The third kappa shape index (κ3) is 9.84. The van der Waals surface area contributed by atoms with Crippen LogP contribution in [-0.4, -0.2) is 123 Å². The van der Waals surface area contributed by atoms with E-state index in [1.165, 1.54) is 19.2 Å². The summed E-state index contributed by atoms with van der Waals surface area (Å²) in [4.78, 5) is 64.7. The largest absolute Gasteiger partial charge is 0.494 e. The summed E-state index contributed by atoms with van der Waals surface area (Å²) >= 11 is 0. The predicted molar refractivity (Wildman–Crippen MR) is 224 cm³/mol. The molecule has 2 aromatic rings. The summed E-state index contributed by atoms with van der Waals surface area (Å²) in [6, 6.07) is -0.154. The number of ether oxygens (including phenoxy) is 4. The first-order valence-electron chi connectivity index (χ1n) is 21.7. The van der Waals surface area contributed by atoms with Gasteiger partial charge in [-0.1, -0.05) is 32.4 Å². The Hall–Kier alpha value is -4.92. The van der Waals surface area contributed by atoms with Crippen LogP contribution in [0.2, 0.25) is 0 Å². The summed E-state index contributed by atoms with van der Waals surface area (Å²) in [6.45, 7) is 6.73. The number of carbonyl (C=O) groups excluding carboxylic acids is 4. The molecular weight excluding hydrogens is 869 g/mol. The summed E-state index contributed by atoms with van der Waals surface area (Å²) in [6.07, 6.45) is 0.116. The Bertz CT molecular complexity index is 2270. The Morgan fingerprint density at radius 2 is 1.80 bits per heavy atom. The lowest BCUT2D eigenvalue weighted by Crippen LogP contribution is -2.59. The number of fused-ring (bicyclic) bond motifs is 3. The number of sulfonamides is 1. The van der Waals surface area contributed by atoms with Gasteiger partial charge < -0.3 is 39.4 Å². The second kappa shape index (κ2) is 18.2. The molecule has 7 atom stereocenters. The van der Waals surface area contributed by atoms with Gasteiger partial charge in [0.25, 0.3) is 5.91 Å². The van der Waals surface area contributed by atoms with Crippen LogP contribution in [0.4, 0.5) is 28.0 Å². The summed E-state index contributed by atoms with van der Waals surface area (Å²) in [5.74, 6) is -4.63. The summed E-state index contributed by atoms with van der Waals surface area (Å²) in [5.41, 5.74) is -3.95. The van der Waals surface area contributed by atoms with E-state index in [1.807, 2.05) is 17.9 Å². The molecular formula is C43H56F4N6O10S. The van der Waals surface area contributed by atoms with E-state index in [-0.39, 0.29) is 42.3 Å². The molecule has 3 N–H and O–H groups in total. The molecule has 21 heteroatoms. The van der Waals surface area contributed by atoms with Gasteiger partial charge in [-0.15, -0.1) is 0 Å². The number of hydrogen-bond donors (Lipinski definition) is 3. The van der Waals surface area contributed by atoms with Crippen molar-refractivity contribution in [1.82, 2.24) is 25.2 Å². The molecule has 5 aliphatic rings. The number of aromatic nitrogens is 1. The molecule has 64 heavy (non-hydrogen) atoms. The quantitative estimate of drug-likeness (QED) is 0.216. The number of halogens is 4. The molecule has 2 saturated heterocycles. The predicted octanol–water partition coefficient (Wildman–Crippen LogP) is 4.89. The van der Waals surface area contributed by atoms with Crippen LogP contribution >= 0.6 is 0 Å². The van der Waals surface area contributed by atoms with Gasteiger partial charge in [-0.3, -0.25) is 19.1 Å². The van der Waals surface area contributed by atoms with E-state index in [1.54, 1.807) is 19.2 Å². The molecule has 4 fully saturated rings.